The zero-order valence-electron chi connectivity index (χ0n) is 9.15. The monoisotopic (exact) mass is 291 g/mol. The Morgan fingerprint density at radius 3 is 2.28 bits per heavy atom. The minimum Gasteiger partial charge on any atom is -0.492 e. The first-order chi connectivity index (χ1) is 8.35. The number of hydrogen-bond donors (Lipinski definition) is 1. The normalized spacial score (nSPS) is 11.8. The lowest BCUT2D eigenvalue weighted by Crippen LogP contribution is -1.98. The summed E-state index contributed by atoms with van der Waals surface area (Å²) >= 11 is 1.14. The van der Waals surface area contributed by atoms with Crippen LogP contribution in [0.4, 0.5) is 13.2 Å². The van der Waals surface area contributed by atoms with Gasteiger partial charge in [-0.3, -0.25) is 0 Å². The molecule has 1 aromatic carbocycles. The largest absolute Gasteiger partial charge is 0.492 e. The van der Waals surface area contributed by atoms with Crippen molar-refractivity contribution in [3.63, 3.8) is 0 Å². The Bertz CT molecular complexity index is 529. The second-order valence-electron chi connectivity index (χ2n) is 3.47. The maximum absolute atomic E-state index is 12.1. The highest BCUT2D eigenvalue weighted by Gasteiger charge is 2.29. The van der Waals surface area contributed by atoms with E-state index < -0.39 is 5.51 Å². The minimum absolute atomic E-state index is 0.0382. The second-order valence-corrected chi connectivity index (χ2v) is 5.81. The summed E-state index contributed by atoms with van der Waals surface area (Å²) in [6.45, 7) is 1.73. The Morgan fingerprint density at radius 1 is 1.22 bits per heavy atom. The number of thiazole rings is 1. The van der Waals surface area contributed by atoms with Gasteiger partial charge in [-0.05, 0) is 30.8 Å². The van der Waals surface area contributed by atoms with Gasteiger partial charge in [0.15, 0.2) is 0 Å². The van der Waals surface area contributed by atoms with Crippen molar-refractivity contribution in [2.45, 2.75) is 17.3 Å². The van der Waals surface area contributed by atoms with Gasteiger partial charge >= 0.3 is 5.51 Å². The molecular weight excluding hydrogens is 283 g/mol. The SMILES string of the molecule is Cc1sc(-c2ccc(SC(F)(F)F)cc2)nc1O. The lowest BCUT2D eigenvalue weighted by Gasteiger charge is -2.05. The van der Waals surface area contributed by atoms with Gasteiger partial charge in [0.25, 0.3) is 0 Å². The van der Waals surface area contributed by atoms with E-state index in [1.807, 2.05) is 0 Å². The van der Waals surface area contributed by atoms with Gasteiger partial charge in [0.05, 0.1) is 4.88 Å². The number of alkyl halides is 3. The number of thioether (sulfide) groups is 1. The standard InChI is InChI=1S/C11H8F3NOS2/c1-6-9(16)15-10(17-6)7-2-4-8(5-3-7)18-11(12,13)14/h2-5,16H,1H3. The molecule has 0 aliphatic carbocycles. The van der Waals surface area contributed by atoms with Crippen molar-refractivity contribution >= 4 is 23.1 Å². The molecule has 0 unspecified atom stereocenters. The quantitative estimate of drug-likeness (QED) is 0.831. The Hall–Kier alpha value is -1.21. The van der Waals surface area contributed by atoms with Gasteiger partial charge in [-0.25, -0.2) is 4.98 Å². The van der Waals surface area contributed by atoms with E-state index in [9.17, 15) is 18.3 Å². The van der Waals surface area contributed by atoms with Gasteiger partial charge in [-0.1, -0.05) is 12.1 Å². The van der Waals surface area contributed by atoms with E-state index >= 15 is 0 Å². The third-order valence-electron chi connectivity index (χ3n) is 2.11. The first-order valence-corrected chi connectivity index (χ1v) is 6.51. The lowest BCUT2D eigenvalue weighted by atomic mass is 10.2. The van der Waals surface area contributed by atoms with Crippen molar-refractivity contribution in [2.75, 3.05) is 0 Å². The number of halogens is 3. The predicted octanol–water partition coefficient (Wildman–Crippen LogP) is 4.44. The average Bonchev–Trinajstić information content (AvgIpc) is 2.58. The maximum atomic E-state index is 12.1. The molecule has 0 fully saturated rings. The van der Waals surface area contributed by atoms with Gasteiger partial charge in [0.2, 0.25) is 5.88 Å². The third-order valence-corrected chi connectivity index (χ3v) is 3.86. The minimum atomic E-state index is -4.28. The number of benzene rings is 1. The molecule has 0 aliphatic heterocycles. The molecule has 96 valence electrons. The Kier molecular flexibility index (Phi) is 3.54. The predicted molar refractivity (Wildman–Crippen MR) is 65.9 cm³/mol. The van der Waals surface area contributed by atoms with E-state index in [1.165, 1.54) is 23.5 Å². The molecular formula is C11H8F3NOS2. The third kappa shape index (κ3) is 3.17. The molecule has 1 aromatic heterocycles. The summed E-state index contributed by atoms with van der Waals surface area (Å²) in [7, 11) is 0. The van der Waals surface area contributed by atoms with Crippen LogP contribution in [0.5, 0.6) is 5.88 Å². The van der Waals surface area contributed by atoms with Crippen LogP contribution in [0.1, 0.15) is 4.88 Å². The Morgan fingerprint density at radius 2 is 1.83 bits per heavy atom. The molecule has 0 bridgehead atoms. The van der Waals surface area contributed by atoms with Gasteiger partial charge < -0.3 is 5.11 Å². The van der Waals surface area contributed by atoms with E-state index in [2.05, 4.69) is 4.98 Å². The fourth-order valence-corrected chi connectivity index (χ4v) is 2.66. The number of aromatic hydroxyl groups is 1. The summed E-state index contributed by atoms with van der Waals surface area (Å²) in [6, 6.07) is 5.90. The Labute approximate surface area is 109 Å². The van der Waals surface area contributed by atoms with Crippen molar-refractivity contribution < 1.29 is 18.3 Å². The van der Waals surface area contributed by atoms with Gasteiger partial charge in [-0.2, -0.15) is 13.2 Å². The van der Waals surface area contributed by atoms with Crippen LogP contribution in [0.25, 0.3) is 10.6 Å². The summed E-state index contributed by atoms with van der Waals surface area (Å²) in [5, 5.41) is 9.95. The number of hydrogen-bond acceptors (Lipinski definition) is 4. The van der Waals surface area contributed by atoms with E-state index in [1.54, 1.807) is 19.1 Å². The fourth-order valence-electron chi connectivity index (χ4n) is 1.31. The lowest BCUT2D eigenvalue weighted by molar-refractivity contribution is -0.0328. The molecule has 0 atom stereocenters. The van der Waals surface area contributed by atoms with Gasteiger partial charge in [0, 0.05) is 10.5 Å². The summed E-state index contributed by atoms with van der Waals surface area (Å²) in [4.78, 5) is 4.74. The van der Waals surface area contributed by atoms with Crippen LogP contribution in [0, 0.1) is 6.92 Å². The second kappa shape index (κ2) is 4.81. The number of rotatable bonds is 2. The molecule has 7 heteroatoms. The van der Waals surface area contributed by atoms with E-state index in [-0.39, 0.29) is 22.5 Å². The molecule has 0 radical (unpaired) electrons. The molecule has 1 N–H and O–H groups in total. The van der Waals surface area contributed by atoms with Crippen molar-refractivity contribution in [2.24, 2.45) is 0 Å². The molecule has 0 aliphatic rings. The van der Waals surface area contributed by atoms with Crippen LogP contribution in [0.15, 0.2) is 29.2 Å². The average molecular weight is 291 g/mol. The van der Waals surface area contributed by atoms with Crippen LogP contribution in [-0.2, 0) is 0 Å². The maximum Gasteiger partial charge on any atom is 0.446 e. The number of aromatic nitrogens is 1. The van der Waals surface area contributed by atoms with Crippen LogP contribution in [-0.4, -0.2) is 15.6 Å². The van der Waals surface area contributed by atoms with E-state index in [4.69, 9.17) is 0 Å². The van der Waals surface area contributed by atoms with Gasteiger partial charge in [0.1, 0.15) is 5.01 Å². The summed E-state index contributed by atoms with van der Waals surface area (Å²) in [5.74, 6) is -0.0382. The summed E-state index contributed by atoms with van der Waals surface area (Å²) in [6.07, 6.45) is 0. The van der Waals surface area contributed by atoms with Crippen molar-refractivity contribution in [3.05, 3.63) is 29.1 Å². The van der Waals surface area contributed by atoms with Crippen molar-refractivity contribution in [3.8, 4) is 16.5 Å². The zero-order valence-corrected chi connectivity index (χ0v) is 10.8. The summed E-state index contributed by atoms with van der Waals surface area (Å²) < 4.78 is 36.4. The fraction of sp³-hybridized carbons (Fsp3) is 0.182. The van der Waals surface area contributed by atoms with Crippen LogP contribution in [0.2, 0.25) is 0 Å². The first kappa shape index (κ1) is 13.2. The molecule has 0 spiro atoms. The molecule has 0 saturated carbocycles. The number of nitrogens with zero attached hydrogens (tertiary/aromatic N) is 1. The highest BCUT2D eigenvalue weighted by Crippen LogP contribution is 2.38. The highest BCUT2D eigenvalue weighted by molar-refractivity contribution is 8.00. The molecule has 2 rings (SSSR count). The summed E-state index contributed by atoms with van der Waals surface area (Å²) in [5.41, 5.74) is -3.59. The molecule has 1 heterocycles. The zero-order chi connectivity index (χ0) is 13.3. The van der Waals surface area contributed by atoms with Crippen molar-refractivity contribution in [1.82, 2.24) is 4.98 Å². The van der Waals surface area contributed by atoms with Crippen molar-refractivity contribution in [1.29, 1.82) is 0 Å². The molecule has 18 heavy (non-hydrogen) atoms. The Balaban J connectivity index is 2.22. The van der Waals surface area contributed by atoms with Gasteiger partial charge in [-0.15, -0.1) is 11.3 Å². The van der Waals surface area contributed by atoms with Crippen LogP contribution < -0.4 is 0 Å². The highest BCUT2D eigenvalue weighted by atomic mass is 32.2. The molecule has 0 saturated heterocycles. The van der Waals surface area contributed by atoms with E-state index in [0.717, 1.165) is 0 Å². The van der Waals surface area contributed by atoms with Crippen LogP contribution in [0.3, 0.4) is 0 Å². The smallest absolute Gasteiger partial charge is 0.446 e. The van der Waals surface area contributed by atoms with E-state index in [0.29, 0.717) is 15.4 Å². The van der Waals surface area contributed by atoms with Crippen LogP contribution >= 0.6 is 23.1 Å². The first-order valence-electron chi connectivity index (χ1n) is 4.88. The molecule has 2 aromatic rings. The number of aryl methyl sites for hydroxylation is 1. The topological polar surface area (TPSA) is 33.1 Å². The molecule has 0 amide bonds. The molecule has 2 nitrogen and oxygen atoms in total.